The molecule has 2 aromatic rings. The molecule has 2 aliphatic rings. The Hall–Kier alpha value is -2.67. The number of fused-ring (bicyclic) bond motifs is 1. The van der Waals surface area contributed by atoms with Crippen LogP contribution < -0.4 is 14.8 Å². The number of nitrogens with one attached hydrogen (secondary N) is 1. The molecular weight excluding hydrogens is 402 g/mol. The highest BCUT2D eigenvalue weighted by molar-refractivity contribution is 5.94. The van der Waals surface area contributed by atoms with Crippen molar-refractivity contribution in [3.05, 3.63) is 59.2 Å². The number of hydrogen-bond acceptors (Lipinski definition) is 4. The van der Waals surface area contributed by atoms with Crippen molar-refractivity contribution in [3.8, 4) is 11.5 Å². The maximum Gasteiger partial charge on any atom is 0.251 e. The average molecular weight is 430 g/mol. The van der Waals surface area contributed by atoms with Gasteiger partial charge in [-0.2, -0.15) is 0 Å². The first-order valence-electron chi connectivity index (χ1n) is 10.5. The van der Waals surface area contributed by atoms with Crippen molar-refractivity contribution in [3.63, 3.8) is 0 Å². The van der Waals surface area contributed by atoms with E-state index in [1.807, 2.05) is 6.07 Å². The number of amides is 1. The fourth-order valence-corrected chi connectivity index (χ4v) is 5.36. The molecule has 5 nitrogen and oxygen atoms in total. The first-order valence-corrected chi connectivity index (χ1v) is 10.5. The zero-order chi connectivity index (χ0) is 22.2. The first kappa shape index (κ1) is 21.6. The van der Waals surface area contributed by atoms with E-state index in [0.29, 0.717) is 11.7 Å². The summed E-state index contributed by atoms with van der Waals surface area (Å²) in [5.74, 6) is -0.549. The van der Waals surface area contributed by atoms with Crippen molar-refractivity contribution < 1.29 is 23.0 Å². The molecule has 7 heteroatoms. The van der Waals surface area contributed by atoms with Crippen LogP contribution in [0.25, 0.3) is 0 Å². The molecule has 1 amide bonds. The maximum absolute atomic E-state index is 13.5. The average Bonchev–Trinajstić information content (AvgIpc) is 3.11. The number of hydrogen-bond donors (Lipinski definition) is 1. The van der Waals surface area contributed by atoms with Crippen molar-refractivity contribution in [2.45, 2.75) is 30.7 Å². The second-order valence-electron chi connectivity index (χ2n) is 8.69. The van der Waals surface area contributed by atoms with Gasteiger partial charge in [0.1, 0.15) is 0 Å². The zero-order valence-electron chi connectivity index (χ0n) is 18.1. The van der Waals surface area contributed by atoms with E-state index >= 15 is 0 Å². The number of benzene rings is 2. The molecule has 4 rings (SSSR count). The minimum atomic E-state index is -1.01. The number of methoxy groups -OCH3 is 2. The minimum Gasteiger partial charge on any atom is -0.493 e. The number of rotatable bonds is 5. The molecule has 1 aliphatic carbocycles. The largest absolute Gasteiger partial charge is 0.493 e. The van der Waals surface area contributed by atoms with E-state index in [-0.39, 0.29) is 22.9 Å². The molecule has 1 heterocycles. The summed E-state index contributed by atoms with van der Waals surface area (Å²) in [5.41, 5.74) is 1.35. The molecule has 166 valence electrons. The summed E-state index contributed by atoms with van der Waals surface area (Å²) in [6, 6.07) is 9.39. The van der Waals surface area contributed by atoms with E-state index < -0.39 is 11.6 Å². The van der Waals surface area contributed by atoms with E-state index in [4.69, 9.17) is 9.47 Å². The van der Waals surface area contributed by atoms with E-state index in [9.17, 15) is 13.6 Å². The molecule has 1 aliphatic heterocycles. The summed E-state index contributed by atoms with van der Waals surface area (Å²) >= 11 is 0. The Kier molecular flexibility index (Phi) is 5.88. The number of carbonyl (C=O) groups is 1. The second-order valence-corrected chi connectivity index (χ2v) is 8.69. The lowest BCUT2D eigenvalue weighted by atomic mass is 9.63. The van der Waals surface area contributed by atoms with Gasteiger partial charge in [-0.15, -0.1) is 0 Å². The van der Waals surface area contributed by atoms with Crippen molar-refractivity contribution in [2.75, 3.05) is 34.4 Å². The Morgan fingerprint density at radius 2 is 1.87 bits per heavy atom. The fraction of sp³-hybridized carbons (Fsp3) is 0.458. The van der Waals surface area contributed by atoms with Crippen LogP contribution in [0.5, 0.6) is 11.5 Å². The van der Waals surface area contributed by atoms with Crippen LogP contribution in [0.4, 0.5) is 8.78 Å². The molecule has 1 saturated heterocycles. The third-order valence-electron chi connectivity index (χ3n) is 6.85. The summed E-state index contributed by atoms with van der Waals surface area (Å²) in [6.45, 7) is 1.88. The van der Waals surface area contributed by atoms with E-state index in [0.717, 1.165) is 50.2 Å². The molecule has 0 radical (unpaired) electrons. The van der Waals surface area contributed by atoms with Crippen LogP contribution in [0, 0.1) is 17.6 Å². The lowest BCUT2D eigenvalue weighted by molar-refractivity contribution is 0.0904. The Bertz CT molecular complexity index is 983. The summed E-state index contributed by atoms with van der Waals surface area (Å²) in [6.07, 6.45) is 2.56. The van der Waals surface area contributed by atoms with Crippen LogP contribution in [0.3, 0.4) is 0 Å². The highest BCUT2D eigenvalue weighted by Crippen LogP contribution is 2.49. The second kappa shape index (κ2) is 8.46. The van der Waals surface area contributed by atoms with Crippen LogP contribution in [-0.2, 0) is 5.41 Å². The predicted molar refractivity (Wildman–Crippen MR) is 114 cm³/mol. The summed E-state index contributed by atoms with van der Waals surface area (Å²) < 4.78 is 37.6. The normalized spacial score (nSPS) is 25.7. The van der Waals surface area contributed by atoms with Crippen LogP contribution in [0.15, 0.2) is 36.4 Å². The Morgan fingerprint density at radius 1 is 1.10 bits per heavy atom. The van der Waals surface area contributed by atoms with Crippen molar-refractivity contribution in [2.24, 2.45) is 5.92 Å². The molecule has 0 aromatic heterocycles. The van der Waals surface area contributed by atoms with Gasteiger partial charge in [-0.25, -0.2) is 8.78 Å². The Labute approximate surface area is 181 Å². The number of likely N-dealkylation sites (tertiary alicyclic amines) is 1. The molecule has 2 aromatic carbocycles. The highest BCUT2D eigenvalue weighted by Gasteiger charge is 2.50. The number of nitrogens with zero attached hydrogens (tertiary/aromatic N) is 1. The van der Waals surface area contributed by atoms with Crippen LogP contribution in [0.1, 0.15) is 35.2 Å². The van der Waals surface area contributed by atoms with Gasteiger partial charge in [0.05, 0.1) is 14.2 Å². The molecule has 2 fully saturated rings. The van der Waals surface area contributed by atoms with Gasteiger partial charge in [0.15, 0.2) is 23.1 Å². The third kappa shape index (κ3) is 3.99. The van der Waals surface area contributed by atoms with Crippen LogP contribution >= 0.6 is 0 Å². The van der Waals surface area contributed by atoms with Gasteiger partial charge < -0.3 is 19.7 Å². The summed E-state index contributed by atoms with van der Waals surface area (Å²) in [4.78, 5) is 14.9. The molecule has 3 atom stereocenters. The topological polar surface area (TPSA) is 50.8 Å². The van der Waals surface area contributed by atoms with Crippen molar-refractivity contribution in [1.29, 1.82) is 0 Å². The number of ether oxygens (including phenoxy) is 2. The number of likely N-dealkylation sites (N-methyl/N-ethyl adjacent to an activating group) is 1. The summed E-state index contributed by atoms with van der Waals surface area (Å²) in [5, 5.41) is 3.03. The quantitative estimate of drug-likeness (QED) is 0.785. The molecular formula is C24H28F2N2O3. The van der Waals surface area contributed by atoms with Gasteiger partial charge in [0, 0.05) is 30.1 Å². The van der Waals surface area contributed by atoms with Gasteiger partial charge in [0.25, 0.3) is 5.91 Å². The van der Waals surface area contributed by atoms with E-state index in [1.165, 1.54) is 11.6 Å². The SMILES string of the molecule is COc1ccc(C23CCC(NC(=O)c4ccc(F)c(F)c4)CC2CN(C)C3)cc1OC. The standard InChI is InChI=1S/C24H28F2N2O3/c1-28-13-17-11-18(27-23(29)15-4-6-19(25)20(26)10-15)8-9-24(17,14-28)16-5-7-21(30-2)22(12-16)31-3/h4-7,10,12,17-18H,8-9,11,13-14H2,1-3H3,(H,27,29). The molecule has 1 N–H and O–H groups in total. The van der Waals surface area contributed by atoms with Gasteiger partial charge in [-0.1, -0.05) is 6.07 Å². The van der Waals surface area contributed by atoms with Gasteiger partial charge in [-0.05, 0) is 68.1 Å². The minimum absolute atomic E-state index is 0.00890. The molecule has 3 unspecified atom stereocenters. The van der Waals surface area contributed by atoms with E-state index in [2.05, 4.69) is 29.4 Å². The van der Waals surface area contributed by atoms with Gasteiger partial charge >= 0.3 is 0 Å². The molecule has 0 spiro atoms. The third-order valence-corrected chi connectivity index (χ3v) is 6.85. The maximum atomic E-state index is 13.5. The fourth-order valence-electron chi connectivity index (χ4n) is 5.36. The Balaban J connectivity index is 1.53. The number of halogens is 2. The van der Waals surface area contributed by atoms with Gasteiger partial charge in [0.2, 0.25) is 0 Å². The van der Waals surface area contributed by atoms with E-state index in [1.54, 1.807) is 14.2 Å². The molecule has 31 heavy (non-hydrogen) atoms. The lowest BCUT2D eigenvalue weighted by Gasteiger charge is -2.43. The van der Waals surface area contributed by atoms with Crippen LogP contribution in [-0.4, -0.2) is 51.2 Å². The lowest BCUT2D eigenvalue weighted by Crippen LogP contribution is -2.47. The summed E-state index contributed by atoms with van der Waals surface area (Å²) in [7, 11) is 5.39. The molecule has 0 bridgehead atoms. The number of carbonyl (C=O) groups excluding carboxylic acids is 1. The smallest absolute Gasteiger partial charge is 0.251 e. The predicted octanol–water partition coefficient (Wildman–Crippen LogP) is 3.76. The van der Waals surface area contributed by atoms with Crippen molar-refractivity contribution >= 4 is 5.91 Å². The highest BCUT2D eigenvalue weighted by atomic mass is 19.2. The zero-order valence-corrected chi connectivity index (χ0v) is 18.1. The molecule has 1 saturated carbocycles. The Morgan fingerprint density at radius 3 is 2.58 bits per heavy atom. The monoisotopic (exact) mass is 430 g/mol. The van der Waals surface area contributed by atoms with Crippen molar-refractivity contribution in [1.82, 2.24) is 10.2 Å². The van der Waals surface area contributed by atoms with Gasteiger partial charge in [-0.3, -0.25) is 4.79 Å². The van der Waals surface area contributed by atoms with Crippen LogP contribution in [0.2, 0.25) is 0 Å². The first-order chi connectivity index (χ1) is 14.9.